The molecule has 5 heteroatoms. The molecule has 4 nitrogen and oxygen atoms in total. The molecule has 1 aromatic carbocycles. The van der Waals surface area contributed by atoms with Crippen LogP contribution in [0.2, 0.25) is 0 Å². The summed E-state index contributed by atoms with van der Waals surface area (Å²) in [4.78, 5) is 4.91. The smallest absolute Gasteiger partial charge is 0.0948 e. The van der Waals surface area contributed by atoms with E-state index in [0.29, 0.717) is 11.4 Å². The molecule has 0 aliphatic heterocycles. The molecule has 0 amide bonds. The van der Waals surface area contributed by atoms with Crippen molar-refractivity contribution in [3.63, 3.8) is 0 Å². The molecule has 19 heavy (non-hydrogen) atoms. The summed E-state index contributed by atoms with van der Waals surface area (Å²) in [7, 11) is -1.05. The number of imidazole rings is 1. The molecule has 1 atom stereocenters. The standard InChI is InChI=1S/C13H17N3OS.CH4/c1-2-7-16-10-15-8-12(16)9-18(17)13-5-3-11(14)4-6-13;/h3-6,8,10H,2,7,9,14H2,1H3;1H4/t18-;/m1./s1. The predicted octanol–water partition coefficient (Wildman–Crippen LogP) is 2.82. The number of aryl methyl sites for hydroxylation is 1. The molecule has 0 fully saturated rings. The number of nitrogen functional groups attached to an aromatic ring is 1. The third-order valence-corrected chi connectivity index (χ3v) is 4.04. The summed E-state index contributed by atoms with van der Waals surface area (Å²) >= 11 is 0. The Balaban J connectivity index is 0.00000180. The summed E-state index contributed by atoms with van der Waals surface area (Å²) in [5.41, 5.74) is 7.31. The molecular weight excluding hydrogens is 258 g/mol. The van der Waals surface area contributed by atoms with E-state index in [0.717, 1.165) is 23.6 Å². The van der Waals surface area contributed by atoms with Gasteiger partial charge in [-0.1, -0.05) is 14.4 Å². The van der Waals surface area contributed by atoms with E-state index in [1.165, 1.54) is 0 Å². The zero-order valence-corrected chi connectivity index (χ0v) is 11.2. The molecule has 0 saturated carbocycles. The van der Waals surface area contributed by atoms with Gasteiger partial charge < -0.3 is 10.3 Å². The average Bonchev–Trinajstić information content (AvgIpc) is 2.78. The first-order valence-electron chi connectivity index (χ1n) is 5.93. The van der Waals surface area contributed by atoms with Crippen molar-refractivity contribution < 1.29 is 4.21 Å². The van der Waals surface area contributed by atoms with Crippen LogP contribution in [-0.2, 0) is 23.1 Å². The number of nitrogens with zero attached hydrogens (tertiary/aromatic N) is 2. The molecule has 0 bridgehead atoms. The van der Waals surface area contributed by atoms with Crippen LogP contribution in [0.5, 0.6) is 0 Å². The highest BCUT2D eigenvalue weighted by Gasteiger charge is 2.08. The van der Waals surface area contributed by atoms with Gasteiger partial charge in [0.05, 0.1) is 28.6 Å². The van der Waals surface area contributed by atoms with Gasteiger partial charge in [0, 0.05) is 23.3 Å². The van der Waals surface area contributed by atoms with Gasteiger partial charge in [-0.3, -0.25) is 4.21 Å². The lowest BCUT2D eigenvalue weighted by atomic mass is 10.3. The van der Waals surface area contributed by atoms with E-state index in [2.05, 4.69) is 16.5 Å². The van der Waals surface area contributed by atoms with Crippen molar-refractivity contribution in [3.8, 4) is 0 Å². The lowest BCUT2D eigenvalue weighted by Gasteiger charge is -2.06. The first-order chi connectivity index (χ1) is 8.70. The first-order valence-corrected chi connectivity index (χ1v) is 7.25. The highest BCUT2D eigenvalue weighted by atomic mass is 32.2. The van der Waals surface area contributed by atoms with Crippen LogP contribution in [-0.4, -0.2) is 13.8 Å². The van der Waals surface area contributed by atoms with Gasteiger partial charge in [0.25, 0.3) is 0 Å². The van der Waals surface area contributed by atoms with E-state index in [4.69, 9.17) is 5.73 Å². The fourth-order valence-electron chi connectivity index (χ4n) is 1.75. The molecule has 0 aliphatic carbocycles. The largest absolute Gasteiger partial charge is 0.399 e. The van der Waals surface area contributed by atoms with Crippen molar-refractivity contribution >= 4 is 16.5 Å². The van der Waals surface area contributed by atoms with Crippen LogP contribution in [0.3, 0.4) is 0 Å². The molecule has 0 saturated heterocycles. The van der Waals surface area contributed by atoms with Gasteiger partial charge in [0.1, 0.15) is 0 Å². The molecular formula is C14H21N3OS. The van der Waals surface area contributed by atoms with Gasteiger partial charge in [-0.15, -0.1) is 0 Å². The number of benzene rings is 1. The second kappa shape index (κ2) is 7.09. The Morgan fingerprint density at radius 2 is 2.00 bits per heavy atom. The second-order valence-corrected chi connectivity index (χ2v) is 5.59. The van der Waals surface area contributed by atoms with Crippen molar-refractivity contribution in [1.82, 2.24) is 9.55 Å². The number of nitrogens with two attached hydrogens (primary N) is 1. The fraction of sp³-hybridized carbons (Fsp3) is 0.357. The molecule has 1 aromatic heterocycles. The third-order valence-electron chi connectivity index (χ3n) is 2.69. The lowest BCUT2D eigenvalue weighted by Crippen LogP contribution is -2.05. The topological polar surface area (TPSA) is 60.9 Å². The van der Waals surface area contributed by atoms with Crippen LogP contribution in [0.4, 0.5) is 5.69 Å². The van der Waals surface area contributed by atoms with Gasteiger partial charge in [-0.2, -0.15) is 0 Å². The number of anilines is 1. The van der Waals surface area contributed by atoms with Crippen LogP contribution in [0.1, 0.15) is 26.5 Å². The predicted molar refractivity (Wildman–Crippen MR) is 80.2 cm³/mol. The minimum Gasteiger partial charge on any atom is -0.399 e. The minimum atomic E-state index is -1.05. The second-order valence-electron chi connectivity index (χ2n) is 4.14. The summed E-state index contributed by atoms with van der Waals surface area (Å²) in [5, 5.41) is 0. The maximum absolute atomic E-state index is 12.2. The Morgan fingerprint density at radius 3 is 2.63 bits per heavy atom. The molecule has 0 spiro atoms. The van der Waals surface area contributed by atoms with E-state index in [9.17, 15) is 4.21 Å². The molecule has 1 heterocycles. The summed E-state index contributed by atoms with van der Waals surface area (Å²) in [6, 6.07) is 7.17. The highest BCUT2D eigenvalue weighted by molar-refractivity contribution is 7.84. The van der Waals surface area contributed by atoms with Crippen molar-refractivity contribution in [2.24, 2.45) is 0 Å². The van der Waals surface area contributed by atoms with Crippen molar-refractivity contribution in [2.75, 3.05) is 5.73 Å². The normalized spacial score (nSPS) is 11.8. The molecule has 2 aromatic rings. The summed E-state index contributed by atoms with van der Waals surface area (Å²) in [6.45, 7) is 3.02. The van der Waals surface area contributed by atoms with Gasteiger partial charge >= 0.3 is 0 Å². The Morgan fingerprint density at radius 1 is 1.32 bits per heavy atom. The third kappa shape index (κ3) is 3.92. The van der Waals surface area contributed by atoms with Gasteiger partial charge in [-0.25, -0.2) is 4.98 Å². The molecule has 2 rings (SSSR count). The SMILES string of the molecule is C.CCCn1cncc1C[S@@](=O)c1ccc(N)cc1. The molecule has 0 aliphatic rings. The number of hydrogen-bond acceptors (Lipinski definition) is 3. The Bertz CT molecular complexity index is 534. The van der Waals surface area contributed by atoms with Crippen LogP contribution in [0.15, 0.2) is 41.7 Å². The number of hydrogen-bond donors (Lipinski definition) is 1. The van der Waals surface area contributed by atoms with Crippen molar-refractivity contribution in [1.29, 1.82) is 0 Å². The molecule has 2 N–H and O–H groups in total. The quantitative estimate of drug-likeness (QED) is 0.856. The summed E-state index contributed by atoms with van der Waals surface area (Å²) in [6.07, 6.45) is 4.61. The zero-order chi connectivity index (χ0) is 13.0. The van der Waals surface area contributed by atoms with Crippen molar-refractivity contribution in [2.45, 2.75) is 38.0 Å². The zero-order valence-electron chi connectivity index (χ0n) is 10.4. The highest BCUT2D eigenvalue weighted by Crippen LogP contribution is 2.14. The van der Waals surface area contributed by atoms with E-state index in [1.807, 2.05) is 12.1 Å². The molecule has 0 radical (unpaired) electrons. The average molecular weight is 279 g/mol. The Hall–Kier alpha value is -1.62. The maximum Gasteiger partial charge on any atom is 0.0948 e. The van der Waals surface area contributed by atoms with E-state index in [1.54, 1.807) is 24.7 Å². The first kappa shape index (κ1) is 15.4. The number of aromatic nitrogens is 2. The fourth-order valence-corrected chi connectivity index (χ4v) is 2.86. The number of rotatable bonds is 5. The van der Waals surface area contributed by atoms with Crippen LogP contribution >= 0.6 is 0 Å². The maximum atomic E-state index is 12.2. The monoisotopic (exact) mass is 279 g/mol. The Labute approximate surface area is 117 Å². The van der Waals surface area contributed by atoms with E-state index in [-0.39, 0.29) is 7.43 Å². The van der Waals surface area contributed by atoms with Gasteiger partial charge in [-0.05, 0) is 30.7 Å². The van der Waals surface area contributed by atoms with E-state index >= 15 is 0 Å². The van der Waals surface area contributed by atoms with E-state index < -0.39 is 10.8 Å². The lowest BCUT2D eigenvalue weighted by molar-refractivity contribution is 0.652. The van der Waals surface area contributed by atoms with Crippen molar-refractivity contribution in [3.05, 3.63) is 42.5 Å². The van der Waals surface area contributed by atoms with Gasteiger partial charge in [0.15, 0.2) is 0 Å². The van der Waals surface area contributed by atoms with Crippen LogP contribution < -0.4 is 5.73 Å². The minimum absolute atomic E-state index is 0. The molecule has 0 unspecified atom stereocenters. The summed E-state index contributed by atoms with van der Waals surface area (Å²) in [5.74, 6) is 0.490. The van der Waals surface area contributed by atoms with Crippen LogP contribution in [0.25, 0.3) is 0 Å². The Kier molecular flexibility index (Phi) is 5.76. The van der Waals surface area contributed by atoms with Gasteiger partial charge in [0.2, 0.25) is 0 Å². The van der Waals surface area contributed by atoms with Crippen LogP contribution in [0, 0.1) is 0 Å². The molecule has 104 valence electrons. The summed E-state index contributed by atoms with van der Waals surface area (Å²) < 4.78 is 14.3.